The Morgan fingerprint density at radius 1 is 1.23 bits per heavy atom. The second-order valence-electron chi connectivity index (χ2n) is 6.42. The predicted molar refractivity (Wildman–Crippen MR) is 105 cm³/mol. The SMILES string of the molecule is CCOc1ccc(CCC2CCN(C(=O)CNC(=O)CN)CC2)cc1.Cl. The zero-order valence-electron chi connectivity index (χ0n) is 15.4. The smallest absolute Gasteiger partial charge is 0.241 e. The fourth-order valence-corrected chi connectivity index (χ4v) is 3.12. The molecule has 0 unspecified atom stereocenters. The van der Waals surface area contributed by atoms with Gasteiger partial charge in [-0.2, -0.15) is 0 Å². The highest BCUT2D eigenvalue weighted by atomic mass is 35.5. The molecule has 1 aromatic carbocycles. The number of nitrogens with zero attached hydrogens (tertiary/aromatic N) is 1. The minimum atomic E-state index is -0.293. The fraction of sp³-hybridized carbons (Fsp3) is 0.579. The van der Waals surface area contributed by atoms with Crippen molar-refractivity contribution in [2.75, 3.05) is 32.8 Å². The van der Waals surface area contributed by atoms with Crippen LogP contribution in [0.15, 0.2) is 24.3 Å². The van der Waals surface area contributed by atoms with Gasteiger partial charge in [0.25, 0.3) is 0 Å². The Bertz CT molecular complexity index is 558. The lowest BCUT2D eigenvalue weighted by Gasteiger charge is -2.32. The molecule has 0 aliphatic carbocycles. The maximum absolute atomic E-state index is 12.0. The van der Waals surface area contributed by atoms with E-state index < -0.39 is 0 Å². The van der Waals surface area contributed by atoms with Crippen molar-refractivity contribution in [2.45, 2.75) is 32.6 Å². The summed E-state index contributed by atoms with van der Waals surface area (Å²) in [5.74, 6) is 1.25. The van der Waals surface area contributed by atoms with Crippen molar-refractivity contribution in [3.8, 4) is 5.75 Å². The molecular formula is C19H30ClN3O3. The van der Waals surface area contributed by atoms with E-state index in [4.69, 9.17) is 10.5 Å². The Morgan fingerprint density at radius 2 is 1.88 bits per heavy atom. The van der Waals surface area contributed by atoms with E-state index in [1.807, 2.05) is 24.0 Å². The summed E-state index contributed by atoms with van der Waals surface area (Å²) in [4.78, 5) is 25.0. The minimum Gasteiger partial charge on any atom is -0.494 e. The molecular weight excluding hydrogens is 354 g/mol. The molecule has 3 N–H and O–H groups in total. The van der Waals surface area contributed by atoms with E-state index in [0.29, 0.717) is 12.5 Å². The topological polar surface area (TPSA) is 84.7 Å². The van der Waals surface area contributed by atoms with Gasteiger partial charge in [-0.3, -0.25) is 9.59 Å². The van der Waals surface area contributed by atoms with Crippen LogP contribution in [0, 0.1) is 5.92 Å². The Kier molecular flexibility index (Phi) is 10.1. The first-order valence-electron chi connectivity index (χ1n) is 9.08. The first kappa shape index (κ1) is 22.3. The number of halogens is 1. The number of aryl methyl sites for hydroxylation is 1. The van der Waals surface area contributed by atoms with Crippen LogP contribution in [0.1, 0.15) is 31.7 Å². The minimum absolute atomic E-state index is 0. The summed E-state index contributed by atoms with van der Waals surface area (Å²) >= 11 is 0. The zero-order valence-corrected chi connectivity index (χ0v) is 16.2. The lowest BCUT2D eigenvalue weighted by atomic mass is 9.90. The third-order valence-electron chi connectivity index (χ3n) is 4.67. The first-order chi connectivity index (χ1) is 12.1. The number of likely N-dealkylation sites (tertiary alicyclic amines) is 1. The van der Waals surface area contributed by atoms with Gasteiger partial charge >= 0.3 is 0 Å². The molecule has 1 heterocycles. The number of carbonyl (C=O) groups excluding carboxylic acids is 2. The molecule has 1 aliphatic rings. The summed E-state index contributed by atoms with van der Waals surface area (Å²) in [5.41, 5.74) is 6.54. The molecule has 1 saturated heterocycles. The van der Waals surface area contributed by atoms with E-state index in [-0.39, 0.29) is 37.3 Å². The number of nitrogens with two attached hydrogens (primary N) is 1. The molecule has 26 heavy (non-hydrogen) atoms. The number of benzene rings is 1. The molecule has 2 amide bonds. The molecule has 0 radical (unpaired) electrons. The van der Waals surface area contributed by atoms with Crippen LogP contribution in [0.4, 0.5) is 0 Å². The Labute approximate surface area is 161 Å². The second-order valence-corrected chi connectivity index (χ2v) is 6.42. The molecule has 1 aromatic rings. The van der Waals surface area contributed by atoms with Crippen molar-refractivity contribution in [1.82, 2.24) is 10.2 Å². The summed E-state index contributed by atoms with van der Waals surface area (Å²) in [6.07, 6.45) is 4.23. The number of hydrogen-bond acceptors (Lipinski definition) is 4. The quantitative estimate of drug-likeness (QED) is 0.716. The number of nitrogens with one attached hydrogen (secondary N) is 1. The number of carbonyl (C=O) groups is 2. The van der Waals surface area contributed by atoms with E-state index >= 15 is 0 Å². The molecule has 0 aromatic heterocycles. The van der Waals surface area contributed by atoms with Gasteiger partial charge in [-0.05, 0) is 56.2 Å². The van der Waals surface area contributed by atoms with E-state index in [9.17, 15) is 9.59 Å². The molecule has 0 spiro atoms. The Morgan fingerprint density at radius 3 is 2.46 bits per heavy atom. The van der Waals surface area contributed by atoms with Crippen LogP contribution in [0.5, 0.6) is 5.75 Å². The highest BCUT2D eigenvalue weighted by Crippen LogP contribution is 2.23. The lowest BCUT2D eigenvalue weighted by molar-refractivity contribution is -0.133. The summed E-state index contributed by atoms with van der Waals surface area (Å²) in [6.45, 7) is 4.17. The Balaban J connectivity index is 0.00000338. The van der Waals surface area contributed by atoms with Gasteiger partial charge in [-0.1, -0.05) is 12.1 Å². The third kappa shape index (κ3) is 7.22. The predicted octanol–water partition coefficient (Wildman–Crippen LogP) is 1.75. The van der Waals surface area contributed by atoms with Gasteiger partial charge in [0.15, 0.2) is 0 Å². The van der Waals surface area contributed by atoms with Crippen LogP contribution in [-0.4, -0.2) is 49.5 Å². The van der Waals surface area contributed by atoms with E-state index in [2.05, 4.69) is 17.4 Å². The van der Waals surface area contributed by atoms with Crippen LogP contribution in [0.25, 0.3) is 0 Å². The number of rotatable bonds is 8. The average molecular weight is 384 g/mol. The average Bonchev–Trinajstić information content (AvgIpc) is 2.66. The maximum atomic E-state index is 12.0. The number of piperidine rings is 1. The number of hydrogen-bond donors (Lipinski definition) is 2. The van der Waals surface area contributed by atoms with Crippen LogP contribution >= 0.6 is 12.4 Å². The molecule has 146 valence electrons. The standard InChI is InChI=1S/C19H29N3O3.ClH/c1-2-25-17-7-5-15(6-8-17)3-4-16-9-11-22(12-10-16)19(24)14-21-18(23)13-20;/h5-8,16H,2-4,9-14,20H2,1H3,(H,21,23);1H. The number of amides is 2. The highest BCUT2D eigenvalue weighted by molar-refractivity contribution is 5.85. The van der Waals surface area contributed by atoms with E-state index in [1.54, 1.807) is 0 Å². The van der Waals surface area contributed by atoms with Gasteiger partial charge in [0.1, 0.15) is 5.75 Å². The highest BCUT2D eigenvalue weighted by Gasteiger charge is 2.22. The normalized spacial score (nSPS) is 14.5. The monoisotopic (exact) mass is 383 g/mol. The molecule has 0 atom stereocenters. The second kappa shape index (κ2) is 11.8. The summed E-state index contributed by atoms with van der Waals surface area (Å²) in [7, 11) is 0. The van der Waals surface area contributed by atoms with Crippen LogP contribution in [-0.2, 0) is 16.0 Å². The largest absolute Gasteiger partial charge is 0.494 e. The van der Waals surface area contributed by atoms with E-state index in [0.717, 1.165) is 44.5 Å². The lowest BCUT2D eigenvalue weighted by Crippen LogP contribution is -2.45. The summed E-state index contributed by atoms with van der Waals surface area (Å²) in [6, 6.07) is 8.30. The van der Waals surface area contributed by atoms with Crippen LogP contribution in [0.2, 0.25) is 0 Å². The molecule has 1 fully saturated rings. The Hall–Kier alpha value is -1.79. The van der Waals surface area contributed by atoms with Gasteiger partial charge in [0, 0.05) is 13.1 Å². The van der Waals surface area contributed by atoms with Crippen molar-refractivity contribution in [1.29, 1.82) is 0 Å². The van der Waals surface area contributed by atoms with Crippen molar-refractivity contribution in [2.24, 2.45) is 11.7 Å². The van der Waals surface area contributed by atoms with Crippen molar-refractivity contribution in [3.63, 3.8) is 0 Å². The molecule has 2 rings (SSSR count). The van der Waals surface area contributed by atoms with Crippen LogP contribution < -0.4 is 15.8 Å². The van der Waals surface area contributed by atoms with Gasteiger partial charge in [0.05, 0.1) is 19.7 Å². The molecule has 1 aliphatic heterocycles. The van der Waals surface area contributed by atoms with E-state index in [1.165, 1.54) is 5.56 Å². The zero-order chi connectivity index (χ0) is 18.1. The molecule has 0 saturated carbocycles. The maximum Gasteiger partial charge on any atom is 0.241 e. The van der Waals surface area contributed by atoms with Crippen LogP contribution in [0.3, 0.4) is 0 Å². The molecule has 7 heteroatoms. The fourth-order valence-electron chi connectivity index (χ4n) is 3.12. The van der Waals surface area contributed by atoms with Gasteiger partial charge in [-0.15, -0.1) is 12.4 Å². The van der Waals surface area contributed by atoms with Gasteiger partial charge in [-0.25, -0.2) is 0 Å². The van der Waals surface area contributed by atoms with Crippen molar-refractivity contribution >= 4 is 24.2 Å². The van der Waals surface area contributed by atoms with Gasteiger partial charge in [0.2, 0.25) is 11.8 Å². The summed E-state index contributed by atoms with van der Waals surface area (Å²) < 4.78 is 5.46. The molecule has 0 bridgehead atoms. The van der Waals surface area contributed by atoms with Crippen molar-refractivity contribution in [3.05, 3.63) is 29.8 Å². The van der Waals surface area contributed by atoms with Crippen molar-refractivity contribution < 1.29 is 14.3 Å². The molecule has 6 nitrogen and oxygen atoms in total. The third-order valence-corrected chi connectivity index (χ3v) is 4.67. The number of ether oxygens (including phenoxy) is 1. The summed E-state index contributed by atoms with van der Waals surface area (Å²) in [5, 5.41) is 2.54. The van der Waals surface area contributed by atoms with Gasteiger partial charge < -0.3 is 20.7 Å². The first-order valence-corrected chi connectivity index (χ1v) is 9.08.